The predicted molar refractivity (Wildman–Crippen MR) is 157 cm³/mol. The molecule has 5 rings (SSSR count). The lowest BCUT2D eigenvalue weighted by molar-refractivity contribution is -0.142. The molecule has 0 fully saturated rings. The van der Waals surface area contributed by atoms with Gasteiger partial charge in [0.1, 0.15) is 17.0 Å². The van der Waals surface area contributed by atoms with Crippen LogP contribution in [0.15, 0.2) is 86.6 Å². The zero-order valence-electron chi connectivity index (χ0n) is 23.3. The van der Waals surface area contributed by atoms with Crippen LogP contribution in [-0.2, 0) is 25.6 Å². The van der Waals surface area contributed by atoms with Crippen molar-refractivity contribution in [2.45, 2.75) is 19.4 Å². The van der Waals surface area contributed by atoms with Gasteiger partial charge in [-0.15, -0.1) is 0 Å². The number of hydrogen-bond acceptors (Lipinski definition) is 7. The van der Waals surface area contributed by atoms with Crippen LogP contribution < -0.4 is 21.6 Å². The van der Waals surface area contributed by atoms with E-state index in [0.29, 0.717) is 33.0 Å². The van der Waals surface area contributed by atoms with Crippen molar-refractivity contribution in [3.63, 3.8) is 0 Å². The van der Waals surface area contributed by atoms with Crippen LogP contribution in [0.1, 0.15) is 22.7 Å². The number of benzene rings is 3. The lowest BCUT2D eigenvalue weighted by atomic mass is 9.99. The van der Waals surface area contributed by atoms with Gasteiger partial charge in [0.05, 0.1) is 31.3 Å². The zero-order chi connectivity index (χ0) is 31.4. The Morgan fingerprint density at radius 1 is 0.864 bits per heavy atom. The maximum Gasteiger partial charge on any atom is 0.340 e. The van der Waals surface area contributed by atoms with Crippen molar-refractivity contribution in [2.24, 2.45) is 0 Å². The fourth-order valence-electron chi connectivity index (χ4n) is 4.76. The number of furan rings is 1. The fraction of sp³-hybridized carbons (Fsp3) is 0.156. The number of halogens is 1. The molecule has 12 heteroatoms. The van der Waals surface area contributed by atoms with Gasteiger partial charge in [-0.2, -0.15) is 0 Å². The monoisotopic (exact) mass is 599 g/mol. The van der Waals surface area contributed by atoms with Crippen LogP contribution in [0.25, 0.3) is 33.1 Å². The summed E-state index contributed by atoms with van der Waals surface area (Å²) in [5.74, 6) is -3.70. The lowest BCUT2D eigenvalue weighted by Gasteiger charge is -2.15. The minimum absolute atomic E-state index is 0.0987. The first-order valence-corrected chi connectivity index (χ1v) is 13.4. The second-order valence-corrected chi connectivity index (χ2v) is 9.97. The zero-order valence-corrected chi connectivity index (χ0v) is 23.3. The highest BCUT2D eigenvalue weighted by Crippen LogP contribution is 2.34. The molecule has 0 aliphatic rings. The molecule has 0 bridgehead atoms. The smallest absolute Gasteiger partial charge is 0.340 e. The molecule has 0 unspecified atom stereocenters. The van der Waals surface area contributed by atoms with Gasteiger partial charge in [0.15, 0.2) is 6.04 Å². The standard InChI is InChI=1S/C32H26FN3O8/c1-17-21-11-23-24(18-7-9-20(33)10-8-18)16-43-25(23)13-26(21)44-32(42)22(17)12-27(37)34-14-28(38)35-15-29(39)36-30(31(40)41)19-5-3-2-4-6-19/h2-11,13,16,30H,12,14-15H2,1H3,(H,34,37)(H,35,38)(H,36,39)(H,40,41)/t30-/m0/s1. The average molecular weight is 600 g/mol. The minimum atomic E-state index is -1.30. The summed E-state index contributed by atoms with van der Waals surface area (Å²) in [6, 6.07) is 16.1. The van der Waals surface area contributed by atoms with Gasteiger partial charge >= 0.3 is 11.6 Å². The number of carboxylic acid groups (broad SMARTS) is 1. The lowest BCUT2D eigenvalue weighted by Crippen LogP contribution is -2.44. The van der Waals surface area contributed by atoms with Crippen LogP contribution in [-0.4, -0.2) is 41.9 Å². The van der Waals surface area contributed by atoms with Crippen LogP contribution in [0.5, 0.6) is 0 Å². The van der Waals surface area contributed by atoms with Gasteiger partial charge in [0, 0.05) is 22.4 Å². The number of aryl methyl sites for hydroxylation is 1. The highest BCUT2D eigenvalue weighted by atomic mass is 19.1. The van der Waals surface area contributed by atoms with E-state index in [1.807, 2.05) is 0 Å². The van der Waals surface area contributed by atoms with E-state index in [9.17, 15) is 33.5 Å². The maximum atomic E-state index is 13.4. The topological polar surface area (TPSA) is 168 Å². The number of aliphatic carboxylic acids is 1. The van der Waals surface area contributed by atoms with E-state index in [4.69, 9.17) is 8.83 Å². The first kappa shape index (κ1) is 29.7. The van der Waals surface area contributed by atoms with Crippen molar-refractivity contribution >= 4 is 45.6 Å². The van der Waals surface area contributed by atoms with E-state index in [1.54, 1.807) is 61.5 Å². The quantitative estimate of drug-likeness (QED) is 0.177. The summed E-state index contributed by atoms with van der Waals surface area (Å²) >= 11 is 0. The summed E-state index contributed by atoms with van der Waals surface area (Å²) < 4.78 is 24.5. The van der Waals surface area contributed by atoms with Gasteiger partial charge in [0.25, 0.3) is 0 Å². The molecule has 2 heterocycles. The summed E-state index contributed by atoms with van der Waals surface area (Å²) in [5, 5.41) is 17.7. The second-order valence-electron chi connectivity index (χ2n) is 9.97. The van der Waals surface area contributed by atoms with Crippen LogP contribution in [0.3, 0.4) is 0 Å². The SMILES string of the molecule is Cc1c(CC(=O)NCC(=O)NCC(=O)N[C@H](C(=O)O)c2ccccc2)c(=O)oc2cc3occ(-c4ccc(F)cc4)c3cc12. The highest BCUT2D eigenvalue weighted by Gasteiger charge is 2.22. The van der Waals surface area contributed by atoms with Gasteiger partial charge < -0.3 is 29.9 Å². The molecule has 2 aromatic heterocycles. The van der Waals surface area contributed by atoms with Gasteiger partial charge in [-0.3, -0.25) is 14.4 Å². The Kier molecular flexibility index (Phi) is 8.51. The van der Waals surface area contributed by atoms with Crippen molar-refractivity contribution in [1.82, 2.24) is 16.0 Å². The number of fused-ring (bicyclic) bond motifs is 2. The predicted octanol–water partition coefficient (Wildman–Crippen LogP) is 3.37. The van der Waals surface area contributed by atoms with Crippen molar-refractivity contribution in [3.05, 3.63) is 106 Å². The number of rotatable bonds is 10. The number of nitrogens with one attached hydrogen (secondary N) is 3. The van der Waals surface area contributed by atoms with E-state index in [0.717, 1.165) is 5.56 Å². The Balaban J connectivity index is 1.22. The minimum Gasteiger partial charge on any atom is -0.479 e. The molecule has 224 valence electrons. The summed E-state index contributed by atoms with van der Waals surface area (Å²) in [4.78, 5) is 61.4. The Morgan fingerprint density at radius 2 is 1.55 bits per heavy atom. The van der Waals surface area contributed by atoms with E-state index < -0.39 is 48.4 Å². The second kappa shape index (κ2) is 12.6. The summed E-state index contributed by atoms with van der Waals surface area (Å²) in [5.41, 5.74) is 2.42. The number of hydrogen-bond donors (Lipinski definition) is 4. The van der Waals surface area contributed by atoms with Crippen molar-refractivity contribution in [2.75, 3.05) is 13.1 Å². The van der Waals surface area contributed by atoms with Crippen molar-refractivity contribution in [1.29, 1.82) is 0 Å². The molecule has 0 radical (unpaired) electrons. The molecule has 11 nitrogen and oxygen atoms in total. The van der Waals surface area contributed by atoms with E-state index in [2.05, 4.69) is 16.0 Å². The van der Waals surface area contributed by atoms with Crippen LogP contribution in [0, 0.1) is 12.7 Å². The molecular weight excluding hydrogens is 573 g/mol. The Labute approximate surface area is 248 Å². The highest BCUT2D eigenvalue weighted by molar-refractivity contribution is 6.02. The molecule has 3 amide bonds. The summed E-state index contributed by atoms with van der Waals surface area (Å²) in [7, 11) is 0. The largest absolute Gasteiger partial charge is 0.479 e. The normalized spacial score (nSPS) is 11.7. The third-order valence-corrected chi connectivity index (χ3v) is 7.05. The molecule has 0 saturated heterocycles. The molecule has 5 aromatic rings. The average Bonchev–Trinajstić information content (AvgIpc) is 3.42. The Hall–Kier alpha value is -5.78. The molecule has 1 atom stereocenters. The molecule has 3 aromatic carbocycles. The van der Waals surface area contributed by atoms with Gasteiger partial charge in [-0.1, -0.05) is 42.5 Å². The first-order valence-electron chi connectivity index (χ1n) is 13.4. The number of carbonyl (C=O) groups excluding carboxylic acids is 3. The summed E-state index contributed by atoms with van der Waals surface area (Å²) in [6.45, 7) is 0.680. The molecule has 0 aliphatic heterocycles. The van der Waals surface area contributed by atoms with Gasteiger partial charge in [-0.25, -0.2) is 14.0 Å². The third kappa shape index (κ3) is 6.49. The van der Waals surface area contributed by atoms with Gasteiger partial charge in [0.2, 0.25) is 17.7 Å². The fourth-order valence-corrected chi connectivity index (χ4v) is 4.76. The first-order chi connectivity index (χ1) is 21.1. The number of carbonyl (C=O) groups is 4. The number of amides is 3. The van der Waals surface area contributed by atoms with Crippen LogP contribution in [0.4, 0.5) is 4.39 Å². The Morgan fingerprint density at radius 3 is 2.25 bits per heavy atom. The van der Waals surface area contributed by atoms with E-state index in [1.165, 1.54) is 18.4 Å². The molecular formula is C32H26FN3O8. The van der Waals surface area contributed by atoms with Crippen LogP contribution >= 0.6 is 0 Å². The summed E-state index contributed by atoms with van der Waals surface area (Å²) in [6.07, 6.45) is 1.16. The molecule has 4 N–H and O–H groups in total. The third-order valence-electron chi connectivity index (χ3n) is 7.05. The van der Waals surface area contributed by atoms with Crippen LogP contribution in [0.2, 0.25) is 0 Å². The molecule has 0 spiro atoms. The molecule has 44 heavy (non-hydrogen) atoms. The number of carboxylic acids is 1. The van der Waals surface area contributed by atoms with Crippen molar-refractivity contribution in [3.8, 4) is 11.1 Å². The van der Waals surface area contributed by atoms with E-state index in [-0.39, 0.29) is 23.4 Å². The molecule has 0 aliphatic carbocycles. The maximum absolute atomic E-state index is 13.4. The van der Waals surface area contributed by atoms with Gasteiger partial charge in [-0.05, 0) is 41.8 Å². The Bertz CT molecular complexity index is 1950. The van der Waals surface area contributed by atoms with Crippen molar-refractivity contribution < 1.29 is 37.5 Å². The molecule has 0 saturated carbocycles. The van der Waals surface area contributed by atoms with E-state index >= 15 is 0 Å².